The lowest BCUT2D eigenvalue weighted by molar-refractivity contribution is -0.131. The van der Waals surface area contributed by atoms with Gasteiger partial charge in [0, 0.05) is 62.1 Å². The standard InChI is InChI=1S/C24H25N5O3/c1-14-11-28-13-21(26-23(28)16(3)25-14)20-9-18-5-6-19(10-22(18)32-24(20)31)27-7-8-29(17(4)30)15(2)12-27/h5-6,9-11,13,15H,7-8,12H2,1-4H3. The van der Waals surface area contributed by atoms with Crippen molar-refractivity contribution in [3.8, 4) is 11.3 Å². The van der Waals surface area contributed by atoms with Crippen molar-refractivity contribution in [1.29, 1.82) is 0 Å². The summed E-state index contributed by atoms with van der Waals surface area (Å²) in [7, 11) is 0. The van der Waals surface area contributed by atoms with Gasteiger partial charge in [0.2, 0.25) is 5.91 Å². The lowest BCUT2D eigenvalue weighted by atomic mass is 10.1. The summed E-state index contributed by atoms with van der Waals surface area (Å²) in [6, 6.07) is 7.86. The molecule has 1 atom stereocenters. The number of fused-ring (bicyclic) bond motifs is 2. The third-order valence-corrected chi connectivity index (χ3v) is 6.12. The zero-order chi connectivity index (χ0) is 22.6. The van der Waals surface area contributed by atoms with Crippen LogP contribution in [0.2, 0.25) is 0 Å². The normalized spacial score (nSPS) is 16.8. The Bertz CT molecular complexity index is 1420. The molecule has 4 heterocycles. The Kier molecular flexibility index (Phi) is 4.73. The van der Waals surface area contributed by atoms with Gasteiger partial charge in [0.25, 0.3) is 0 Å². The van der Waals surface area contributed by atoms with Crippen LogP contribution in [0.25, 0.3) is 27.9 Å². The fourth-order valence-electron chi connectivity index (χ4n) is 4.57. The van der Waals surface area contributed by atoms with E-state index < -0.39 is 5.63 Å². The average molecular weight is 431 g/mol. The minimum atomic E-state index is -0.421. The number of benzene rings is 1. The first-order valence-electron chi connectivity index (χ1n) is 10.7. The molecule has 1 aliphatic rings. The highest BCUT2D eigenvalue weighted by molar-refractivity contribution is 5.84. The highest BCUT2D eigenvalue weighted by atomic mass is 16.4. The van der Waals surface area contributed by atoms with Gasteiger partial charge in [0.1, 0.15) is 5.58 Å². The van der Waals surface area contributed by atoms with Crippen molar-refractivity contribution in [3.05, 3.63) is 58.5 Å². The predicted octanol–water partition coefficient (Wildman–Crippen LogP) is 3.18. The number of nitrogens with zero attached hydrogens (tertiary/aromatic N) is 5. The van der Waals surface area contributed by atoms with Crippen molar-refractivity contribution < 1.29 is 9.21 Å². The zero-order valence-electron chi connectivity index (χ0n) is 18.6. The highest BCUT2D eigenvalue weighted by Gasteiger charge is 2.25. The summed E-state index contributed by atoms with van der Waals surface area (Å²) in [5.74, 6) is 0.0993. The maximum atomic E-state index is 12.8. The molecule has 0 bridgehead atoms. The molecule has 4 aromatic rings. The number of anilines is 1. The average Bonchev–Trinajstić information content (AvgIpc) is 3.16. The van der Waals surface area contributed by atoms with Gasteiger partial charge in [-0.2, -0.15) is 0 Å². The van der Waals surface area contributed by atoms with Crippen LogP contribution in [0.3, 0.4) is 0 Å². The van der Waals surface area contributed by atoms with Gasteiger partial charge >= 0.3 is 5.63 Å². The maximum Gasteiger partial charge on any atom is 0.345 e. The molecule has 0 aliphatic carbocycles. The number of hydrogen-bond acceptors (Lipinski definition) is 6. The van der Waals surface area contributed by atoms with Gasteiger partial charge in [0.15, 0.2) is 5.65 Å². The van der Waals surface area contributed by atoms with E-state index in [9.17, 15) is 9.59 Å². The number of rotatable bonds is 2. The van der Waals surface area contributed by atoms with Crippen molar-refractivity contribution in [2.24, 2.45) is 0 Å². The Labute approximate surface area is 185 Å². The number of aromatic nitrogens is 3. The smallest absolute Gasteiger partial charge is 0.345 e. The van der Waals surface area contributed by atoms with E-state index in [0.717, 1.165) is 41.2 Å². The Balaban J connectivity index is 1.50. The van der Waals surface area contributed by atoms with E-state index in [0.29, 0.717) is 23.4 Å². The van der Waals surface area contributed by atoms with E-state index in [2.05, 4.69) is 21.8 Å². The number of imidazole rings is 1. The summed E-state index contributed by atoms with van der Waals surface area (Å²) < 4.78 is 7.59. The van der Waals surface area contributed by atoms with Crippen LogP contribution in [0.4, 0.5) is 5.69 Å². The van der Waals surface area contributed by atoms with Crippen LogP contribution in [0.1, 0.15) is 25.2 Å². The monoisotopic (exact) mass is 431 g/mol. The van der Waals surface area contributed by atoms with Gasteiger partial charge in [-0.05, 0) is 39.0 Å². The first kappa shape index (κ1) is 20.2. The summed E-state index contributed by atoms with van der Waals surface area (Å²) in [4.78, 5) is 37.7. The molecule has 1 fully saturated rings. The maximum absolute atomic E-state index is 12.8. The zero-order valence-corrected chi connectivity index (χ0v) is 18.6. The van der Waals surface area contributed by atoms with E-state index in [1.807, 2.05) is 59.8 Å². The highest BCUT2D eigenvalue weighted by Crippen LogP contribution is 2.27. The quantitative estimate of drug-likeness (QED) is 0.453. The molecule has 1 unspecified atom stereocenters. The Morgan fingerprint density at radius 3 is 2.69 bits per heavy atom. The molecule has 0 saturated carbocycles. The Morgan fingerprint density at radius 1 is 1.12 bits per heavy atom. The largest absolute Gasteiger partial charge is 0.422 e. The second-order valence-electron chi connectivity index (χ2n) is 8.50. The molecular weight excluding hydrogens is 406 g/mol. The Hall–Kier alpha value is -3.68. The van der Waals surface area contributed by atoms with Crippen molar-refractivity contribution in [2.75, 3.05) is 24.5 Å². The predicted molar refractivity (Wildman–Crippen MR) is 123 cm³/mol. The first-order chi connectivity index (χ1) is 15.3. The minimum Gasteiger partial charge on any atom is -0.422 e. The summed E-state index contributed by atoms with van der Waals surface area (Å²) in [5, 5.41) is 0.835. The second-order valence-corrected chi connectivity index (χ2v) is 8.50. The van der Waals surface area contributed by atoms with Crippen LogP contribution < -0.4 is 10.5 Å². The molecule has 0 N–H and O–H groups in total. The van der Waals surface area contributed by atoms with E-state index in [1.54, 1.807) is 6.92 Å². The molecule has 0 spiro atoms. The number of hydrogen-bond donors (Lipinski definition) is 0. The molecule has 1 saturated heterocycles. The lowest BCUT2D eigenvalue weighted by Gasteiger charge is -2.40. The summed E-state index contributed by atoms with van der Waals surface area (Å²) >= 11 is 0. The number of piperazine rings is 1. The number of carbonyl (C=O) groups is 1. The molecule has 1 aliphatic heterocycles. The third kappa shape index (κ3) is 3.41. The van der Waals surface area contributed by atoms with E-state index in [-0.39, 0.29) is 11.9 Å². The number of carbonyl (C=O) groups excluding carboxylic acids is 1. The van der Waals surface area contributed by atoms with Crippen molar-refractivity contribution in [3.63, 3.8) is 0 Å². The fourth-order valence-corrected chi connectivity index (χ4v) is 4.57. The molecule has 5 rings (SSSR count). The van der Waals surface area contributed by atoms with Crippen LogP contribution in [0, 0.1) is 13.8 Å². The van der Waals surface area contributed by atoms with E-state index in [1.165, 1.54) is 0 Å². The molecule has 164 valence electrons. The van der Waals surface area contributed by atoms with Gasteiger partial charge in [-0.3, -0.25) is 9.78 Å². The number of amides is 1. The lowest BCUT2D eigenvalue weighted by Crippen LogP contribution is -2.53. The van der Waals surface area contributed by atoms with Crippen LogP contribution in [0.5, 0.6) is 0 Å². The molecule has 3 aromatic heterocycles. The molecule has 32 heavy (non-hydrogen) atoms. The van der Waals surface area contributed by atoms with Crippen LogP contribution in [0.15, 0.2) is 45.9 Å². The summed E-state index contributed by atoms with van der Waals surface area (Å²) in [6.45, 7) is 9.65. The van der Waals surface area contributed by atoms with E-state index >= 15 is 0 Å². The van der Waals surface area contributed by atoms with Gasteiger partial charge in [-0.15, -0.1) is 0 Å². The first-order valence-corrected chi connectivity index (χ1v) is 10.7. The summed E-state index contributed by atoms with van der Waals surface area (Å²) in [5.41, 5.74) is 4.50. The van der Waals surface area contributed by atoms with Crippen molar-refractivity contribution in [1.82, 2.24) is 19.3 Å². The minimum absolute atomic E-state index is 0.0993. The van der Waals surface area contributed by atoms with Gasteiger partial charge in [-0.1, -0.05) is 0 Å². The number of aryl methyl sites for hydroxylation is 2. The fraction of sp³-hybridized carbons (Fsp3) is 0.333. The van der Waals surface area contributed by atoms with Crippen molar-refractivity contribution in [2.45, 2.75) is 33.7 Å². The van der Waals surface area contributed by atoms with Crippen LogP contribution in [-0.4, -0.2) is 50.9 Å². The topological polar surface area (TPSA) is 84.0 Å². The molecular formula is C24H25N5O3. The molecule has 1 amide bonds. The van der Waals surface area contributed by atoms with Gasteiger partial charge < -0.3 is 18.6 Å². The molecule has 1 aromatic carbocycles. The third-order valence-electron chi connectivity index (χ3n) is 6.12. The molecule has 8 nitrogen and oxygen atoms in total. The van der Waals surface area contributed by atoms with Crippen LogP contribution >= 0.6 is 0 Å². The SMILES string of the molecule is CC(=O)N1CCN(c2ccc3cc(-c4cn5cc(C)nc(C)c5n4)c(=O)oc3c2)CC1C. The second kappa shape index (κ2) is 7.47. The van der Waals surface area contributed by atoms with Gasteiger partial charge in [0.05, 0.1) is 22.6 Å². The molecule has 0 radical (unpaired) electrons. The van der Waals surface area contributed by atoms with Crippen molar-refractivity contribution >= 4 is 28.2 Å². The molecule has 8 heteroatoms. The summed E-state index contributed by atoms with van der Waals surface area (Å²) in [6.07, 6.45) is 3.72. The van der Waals surface area contributed by atoms with Gasteiger partial charge in [-0.25, -0.2) is 9.78 Å². The van der Waals surface area contributed by atoms with Crippen LogP contribution in [-0.2, 0) is 4.79 Å². The Morgan fingerprint density at radius 2 is 1.94 bits per heavy atom. The van der Waals surface area contributed by atoms with E-state index in [4.69, 9.17) is 4.42 Å².